The summed E-state index contributed by atoms with van der Waals surface area (Å²) in [6.07, 6.45) is 1.19. The Bertz CT molecular complexity index is 369. The normalized spacial score (nSPS) is 13.8. The minimum Gasteiger partial charge on any atom is -0.384 e. The Morgan fingerprint density at radius 1 is 1.17 bits per heavy atom. The van der Waals surface area contributed by atoms with Crippen LogP contribution in [0.1, 0.15) is 46.6 Å². The van der Waals surface area contributed by atoms with Crippen LogP contribution >= 0.6 is 0 Å². The van der Waals surface area contributed by atoms with Crippen molar-refractivity contribution in [3.8, 4) is 0 Å². The Morgan fingerprint density at radius 3 is 2.04 bits per heavy atom. The highest BCUT2D eigenvalue weighted by Crippen LogP contribution is 2.03. The van der Waals surface area contributed by atoms with Gasteiger partial charge in [-0.25, -0.2) is 0 Å². The number of carbonyl (C=O) groups is 1. The van der Waals surface area contributed by atoms with E-state index in [1.54, 1.807) is 0 Å². The van der Waals surface area contributed by atoms with E-state index in [0.717, 1.165) is 11.5 Å². The molecular weight excluding hydrogens is 288 g/mol. The van der Waals surface area contributed by atoms with Crippen molar-refractivity contribution in [2.75, 3.05) is 7.05 Å². The minimum absolute atomic E-state index is 0.466. The second kappa shape index (κ2) is 15.7. The fraction of sp³-hybridized carbons (Fsp3) is 0.632. The van der Waals surface area contributed by atoms with Crippen LogP contribution in [0, 0.1) is 5.92 Å². The smallest absolute Gasteiger partial charge is 0.150 e. The monoisotopic (exact) mass is 324 g/mol. The Hall–Kier alpha value is -1.23. The molecule has 1 rings (SSSR count). The third kappa shape index (κ3) is 14.1. The summed E-state index contributed by atoms with van der Waals surface area (Å²) in [5.41, 5.74) is 6.60. The molecule has 0 fully saturated rings. The summed E-state index contributed by atoms with van der Waals surface area (Å²) in [6, 6.07) is 9.69. The van der Waals surface area contributed by atoms with Crippen LogP contribution in [0.25, 0.3) is 0 Å². The van der Waals surface area contributed by atoms with E-state index in [1.807, 2.05) is 51.2 Å². The molecule has 0 heterocycles. The van der Waals surface area contributed by atoms with Gasteiger partial charge in [-0.3, -0.25) is 0 Å². The molecule has 134 valence electrons. The quantitative estimate of drug-likeness (QED) is 0.674. The van der Waals surface area contributed by atoms with Gasteiger partial charge in [-0.05, 0) is 38.3 Å². The highest BCUT2D eigenvalue weighted by Gasteiger charge is 2.13. The first kappa shape index (κ1) is 24.0. The van der Waals surface area contributed by atoms with E-state index >= 15 is 0 Å². The molecule has 1 aromatic carbocycles. The fourth-order valence-corrected chi connectivity index (χ4v) is 1.93. The molecule has 0 aliphatic rings. The molecule has 4 heteroatoms. The van der Waals surface area contributed by atoms with Gasteiger partial charge in [-0.1, -0.05) is 58.0 Å². The van der Waals surface area contributed by atoms with Crippen LogP contribution in [0.2, 0.25) is 0 Å². The van der Waals surface area contributed by atoms with E-state index in [2.05, 4.69) is 26.1 Å². The highest BCUT2D eigenvalue weighted by atomic mass is 16.3. The van der Waals surface area contributed by atoms with Gasteiger partial charge < -0.3 is 21.0 Å². The zero-order chi connectivity index (χ0) is 18.3. The maximum Gasteiger partial charge on any atom is 0.150 e. The second-order valence-corrected chi connectivity index (χ2v) is 5.80. The number of nitrogens with one attached hydrogen (secondary N) is 1. The zero-order valence-corrected chi connectivity index (χ0v) is 15.6. The first-order valence-electron chi connectivity index (χ1n) is 8.50. The van der Waals surface area contributed by atoms with Gasteiger partial charge in [-0.15, -0.1) is 0 Å². The van der Waals surface area contributed by atoms with Crippen LogP contribution in [0.15, 0.2) is 30.3 Å². The number of rotatable bonds is 7. The molecule has 0 spiro atoms. The van der Waals surface area contributed by atoms with Gasteiger partial charge in [0.15, 0.2) is 0 Å². The topological polar surface area (TPSA) is 75.3 Å². The van der Waals surface area contributed by atoms with Crippen LogP contribution in [-0.2, 0) is 11.2 Å². The largest absolute Gasteiger partial charge is 0.384 e. The number of aliphatic hydroxyl groups is 1. The van der Waals surface area contributed by atoms with Crippen LogP contribution in [0.4, 0.5) is 0 Å². The van der Waals surface area contributed by atoms with Crippen LogP contribution < -0.4 is 11.1 Å². The van der Waals surface area contributed by atoms with Gasteiger partial charge in [0.05, 0.1) is 0 Å². The number of hydrogen-bond donors (Lipinski definition) is 3. The van der Waals surface area contributed by atoms with Crippen molar-refractivity contribution < 1.29 is 9.90 Å². The molecule has 0 amide bonds. The lowest BCUT2D eigenvalue weighted by Crippen LogP contribution is -2.37. The average Bonchev–Trinajstić information content (AvgIpc) is 2.56. The zero-order valence-electron chi connectivity index (χ0n) is 15.6. The van der Waals surface area contributed by atoms with Crippen LogP contribution in [0.5, 0.6) is 0 Å². The predicted molar refractivity (Wildman–Crippen MR) is 99.5 cm³/mol. The number of aldehydes is 1. The molecule has 4 N–H and O–H groups in total. The van der Waals surface area contributed by atoms with E-state index in [4.69, 9.17) is 10.8 Å². The van der Waals surface area contributed by atoms with Crippen molar-refractivity contribution in [3.63, 3.8) is 0 Å². The molecule has 0 saturated carbocycles. The van der Waals surface area contributed by atoms with Gasteiger partial charge in [-0.2, -0.15) is 0 Å². The van der Waals surface area contributed by atoms with Crippen molar-refractivity contribution in [1.82, 2.24) is 5.32 Å². The summed E-state index contributed by atoms with van der Waals surface area (Å²) in [4.78, 5) is 10.2. The summed E-state index contributed by atoms with van der Waals surface area (Å²) < 4.78 is 0. The molecule has 0 radical (unpaired) electrons. The Kier molecular flexibility index (Phi) is 16.4. The van der Waals surface area contributed by atoms with E-state index in [1.165, 1.54) is 6.42 Å². The molecule has 23 heavy (non-hydrogen) atoms. The molecule has 1 aromatic rings. The van der Waals surface area contributed by atoms with Gasteiger partial charge in [0.25, 0.3) is 0 Å². The van der Waals surface area contributed by atoms with E-state index in [9.17, 15) is 4.79 Å². The van der Waals surface area contributed by atoms with Gasteiger partial charge in [0.1, 0.15) is 12.4 Å². The fourth-order valence-electron chi connectivity index (χ4n) is 1.93. The lowest BCUT2D eigenvalue weighted by molar-refractivity contribution is -0.115. The van der Waals surface area contributed by atoms with Crippen molar-refractivity contribution >= 4 is 6.29 Å². The molecule has 0 saturated heterocycles. The van der Waals surface area contributed by atoms with Crippen LogP contribution in [0.3, 0.4) is 0 Å². The Balaban J connectivity index is 0. The first-order chi connectivity index (χ1) is 10.9. The molecule has 4 nitrogen and oxygen atoms in total. The summed E-state index contributed by atoms with van der Waals surface area (Å²) in [5.74, 6) is 0.817. The lowest BCUT2D eigenvalue weighted by Gasteiger charge is -2.12. The maximum atomic E-state index is 10.2. The third-order valence-electron chi connectivity index (χ3n) is 3.21. The molecule has 0 aliphatic heterocycles. The average molecular weight is 325 g/mol. The van der Waals surface area contributed by atoms with E-state index < -0.39 is 12.1 Å². The molecule has 0 aliphatic carbocycles. The summed E-state index contributed by atoms with van der Waals surface area (Å²) >= 11 is 0. The SMILES string of the molecule is CC.CNC(C)CC(C)C.NC(Cc1ccccc1)C(O)C=O. The molecular formula is C19H36N2O2. The second-order valence-electron chi connectivity index (χ2n) is 5.80. The highest BCUT2D eigenvalue weighted by molar-refractivity contribution is 5.56. The number of benzene rings is 1. The summed E-state index contributed by atoms with van der Waals surface area (Å²) in [7, 11) is 2.01. The van der Waals surface area contributed by atoms with Gasteiger partial charge in [0.2, 0.25) is 0 Å². The minimum atomic E-state index is -1.07. The molecule has 3 unspecified atom stereocenters. The van der Waals surface area contributed by atoms with Crippen molar-refractivity contribution in [2.24, 2.45) is 11.7 Å². The van der Waals surface area contributed by atoms with Crippen LogP contribution in [-0.4, -0.2) is 36.6 Å². The maximum absolute atomic E-state index is 10.2. The standard InChI is InChI=1S/C10H13NO2.C7H17N.C2H6/c11-9(10(13)7-12)6-8-4-2-1-3-5-8;1-6(2)5-7(3)8-4;1-2/h1-5,7,9-10,13H,6,11H2;6-8H,5H2,1-4H3;1-2H3. The van der Waals surface area contributed by atoms with E-state index in [-0.39, 0.29) is 0 Å². The van der Waals surface area contributed by atoms with Gasteiger partial charge >= 0.3 is 0 Å². The number of hydrogen-bond acceptors (Lipinski definition) is 4. The molecule has 0 aromatic heterocycles. The van der Waals surface area contributed by atoms with Crippen molar-refractivity contribution in [1.29, 1.82) is 0 Å². The number of carbonyl (C=O) groups excluding carboxylic acids is 1. The number of nitrogens with two attached hydrogens (primary N) is 1. The lowest BCUT2D eigenvalue weighted by atomic mass is 10.0. The van der Waals surface area contributed by atoms with Gasteiger partial charge in [0, 0.05) is 12.1 Å². The van der Waals surface area contributed by atoms with Crippen molar-refractivity contribution in [3.05, 3.63) is 35.9 Å². The number of aliphatic hydroxyl groups excluding tert-OH is 1. The summed E-state index contributed by atoms with van der Waals surface area (Å²) in [5, 5.41) is 12.3. The predicted octanol–water partition coefficient (Wildman–Crippen LogP) is 2.78. The van der Waals surface area contributed by atoms with Crippen molar-refractivity contribution in [2.45, 2.75) is 65.6 Å². The molecule has 3 atom stereocenters. The van der Waals surface area contributed by atoms with E-state index in [0.29, 0.717) is 18.7 Å². The Labute approximate surface area is 142 Å². The summed E-state index contributed by atoms with van der Waals surface area (Å²) in [6.45, 7) is 10.7. The molecule has 0 bridgehead atoms. The first-order valence-corrected chi connectivity index (χ1v) is 8.50. The third-order valence-corrected chi connectivity index (χ3v) is 3.21. The Morgan fingerprint density at radius 2 is 1.70 bits per heavy atom.